The Balaban J connectivity index is 0.986. The molecule has 2 aliphatic heterocycles. The first kappa shape index (κ1) is 41.0. The van der Waals surface area contributed by atoms with Crippen LogP contribution >= 0.6 is 11.3 Å². The van der Waals surface area contributed by atoms with Crippen molar-refractivity contribution < 1.29 is 0 Å². The summed E-state index contributed by atoms with van der Waals surface area (Å²) in [5.41, 5.74) is 20.5. The van der Waals surface area contributed by atoms with Gasteiger partial charge < -0.3 is 9.38 Å². The quantitative estimate of drug-likeness (QED) is 0.160. The monoisotopic (exact) mass is 938 g/mol. The Morgan fingerprint density at radius 1 is 0.535 bits per heavy atom. The van der Waals surface area contributed by atoms with Gasteiger partial charge in [-0.2, -0.15) is 0 Å². The molecule has 350 valence electrons. The molecule has 0 spiro atoms. The molecule has 0 unspecified atom stereocenters. The molecule has 4 heteroatoms. The number of fused-ring (bicyclic) bond motifs is 10. The molecule has 9 aromatic rings. The van der Waals surface area contributed by atoms with E-state index in [1.165, 1.54) is 180 Å². The van der Waals surface area contributed by atoms with E-state index in [4.69, 9.17) is 0 Å². The molecule has 4 heterocycles. The fourth-order valence-electron chi connectivity index (χ4n) is 18.7. The number of benzene rings is 7. The molecule has 8 saturated carbocycles. The summed E-state index contributed by atoms with van der Waals surface area (Å²) in [6.07, 6.45) is 17.2. The molecule has 0 amide bonds. The zero-order valence-corrected chi connectivity index (χ0v) is 42.8. The Morgan fingerprint density at radius 2 is 1.15 bits per heavy atom. The fourth-order valence-corrected chi connectivity index (χ4v) is 20.0. The molecule has 10 aliphatic rings. The molecule has 0 N–H and O–H groups in total. The summed E-state index contributed by atoms with van der Waals surface area (Å²) in [5.74, 6) is 5.46. The second-order valence-corrected chi connectivity index (χ2v) is 27.3. The highest BCUT2D eigenvalue weighted by atomic mass is 32.1. The number of thiophene rings is 1. The zero-order chi connectivity index (χ0) is 46.9. The molecule has 8 aliphatic carbocycles. The van der Waals surface area contributed by atoms with E-state index >= 15 is 0 Å². The lowest BCUT2D eigenvalue weighted by molar-refractivity contribution is -0.00527. The van der Waals surface area contributed by atoms with Crippen molar-refractivity contribution in [1.82, 2.24) is 4.48 Å². The number of nitrogens with zero attached hydrogens (tertiary/aromatic N) is 2. The molecule has 19 rings (SSSR count). The molecule has 7 aromatic carbocycles. The summed E-state index contributed by atoms with van der Waals surface area (Å²) >= 11 is 2.06. The molecule has 71 heavy (non-hydrogen) atoms. The Bertz CT molecular complexity index is 3730. The Hall–Kier alpha value is -5.58. The molecule has 2 nitrogen and oxygen atoms in total. The minimum atomic E-state index is 0.00519. The van der Waals surface area contributed by atoms with Crippen LogP contribution in [0.15, 0.2) is 127 Å². The lowest BCUT2D eigenvalue weighted by Crippen LogP contribution is -2.55. The predicted octanol–water partition coefficient (Wildman–Crippen LogP) is 16.8. The minimum Gasteiger partial charge on any atom is -0.375 e. The van der Waals surface area contributed by atoms with Crippen molar-refractivity contribution in [2.75, 3.05) is 4.90 Å². The van der Waals surface area contributed by atoms with Crippen molar-refractivity contribution >= 4 is 88.2 Å². The van der Waals surface area contributed by atoms with Crippen molar-refractivity contribution in [3.63, 3.8) is 0 Å². The van der Waals surface area contributed by atoms with Crippen LogP contribution in [0.3, 0.4) is 0 Å². The topological polar surface area (TPSA) is 8.17 Å². The van der Waals surface area contributed by atoms with Crippen LogP contribution in [0.4, 0.5) is 17.1 Å². The summed E-state index contributed by atoms with van der Waals surface area (Å²) in [5, 5.41) is 7.03. The van der Waals surface area contributed by atoms with Crippen LogP contribution in [0.1, 0.15) is 120 Å². The Morgan fingerprint density at radius 3 is 1.82 bits per heavy atom. The maximum atomic E-state index is 2.90. The second-order valence-electron chi connectivity index (χ2n) is 26.3. The van der Waals surface area contributed by atoms with Crippen LogP contribution in [0, 0.1) is 42.4 Å². The average Bonchev–Trinajstić information content (AvgIpc) is 3.89. The third kappa shape index (κ3) is 5.62. The summed E-state index contributed by atoms with van der Waals surface area (Å²) < 4.78 is 5.74. The first-order valence-electron chi connectivity index (χ1n) is 27.8. The number of aromatic nitrogens is 1. The normalized spacial score (nSPS) is 28.5. The first-order chi connectivity index (χ1) is 34.5. The fraction of sp³-hybridized carbons (Fsp3) is 0.373. The molecular formula is C67H63BN2S. The van der Waals surface area contributed by atoms with Gasteiger partial charge in [0.25, 0.3) is 0 Å². The highest BCUT2D eigenvalue weighted by Crippen LogP contribution is 2.64. The van der Waals surface area contributed by atoms with E-state index in [1.54, 1.807) is 11.1 Å². The lowest BCUT2D eigenvalue weighted by atomic mass is 9.47. The number of aryl methyl sites for hydroxylation is 1. The maximum absolute atomic E-state index is 2.90. The third-order valence-electron chi connectivity index (χ3n) is 20.8. The molecule has 0 atom stereocenters. The van der Waals surface area contributed by atoms with Crippen LogP contribution in [0.25, 0.3) is 64.9 Å². The van der Waals surface area contributed by atoms with Gasteiger partial charge in [0.15, 0.2) is 0 Å². The molecule has 0 radical (unpaired) electrons. The lowest BCUT2D eigenvalue weighted by Gasteiger charge is -2.57. The Labute approximate surface area is 423 Å². The van der Waals surface area contributed by atoms with E-state index in [1.807, 2.05) is 0 Å². The van der Waals surface area contributed by atoms with Gasteiger partial charge in [-0.05, 0) is 240 Å². The highest BCUT2D eigenvalue weighted by Gasteiger charge is 2.54. The second kappa shape index (κ2) is 13.9. The van der Waals surface area contributed by atoms with Crippen molar-refractivity contribution in [2.24, 2.45) is 35.5 Å². The number of anilines is 3. The maximum Gasteiger partial charge on any atom is 0.343 e. The molecule has 8 bridgehead atoms. The molecule has 2 aromatic heterocycles. The van der Waals surface area contributed by atoms with E-state index in [2.05, 4.69) is 176 Å². The van der Waals surface area contributed by atoms with Gasteiger partial charge in [0.2, 0.25) is 0 Å². The van der Waals surface area contributed by atoms with Gasteiger partial charge in [0, 0.05) is 53.5 Å². The van der Waals surface area contributed by atoms with E-state index in [-0.39, 0.29) is 17.7 Å². The predicted molar refractivity (Wildman–Crippen MR) is 301 cm³/mol. The average molecular weight is 939 g/mol. The number of rotatable bonds is 4. The largest absolute Gasteiger partial charge is 0.375 e. The van der Waals surface area contributed by atoms with E-state index in [9.17, 15) is 0 Å². The number of hydrogen-bond acceptors (Lipinski definition) is 2. The van der Waals surface area contributed by atoms with Gasteiger partial charge in [0.1, 0.15) is 0 Å². The molecular weight excluding hydrogens is 876 g/mol. The first-order valence-corrected chi connectivity index (χ1v) is 28.6. The van der Waals surface area contributed by atoms with Crippen molar-refractivity contribution in [1.29, 1.82) is 0 Å². The van der Waals surface area contributed by atoms with Crippen molar-refractivity contribution in [3.05, 3.63) is 150 Å². The van der Waals surface area contributed by atoms with E-state index in [0.29, 0.717) is 5.41 Å². The van der Waals surface area contributed by atoms with Crippen LogP contribution in [-0.4, -0.2) is 11.3 Å². The molecule has 0 saturated heterocycles. The SMILES string of the molecule is Cc1cc2c3c(c1)N(c1ccc(C(C)(C)C)cc1-c1ccccc1)c1c(sc4cc5ccccc5cc14)B3n1c3ccc(C45CC6CC(CC(C6)C4)C5)cc3c3cc(C45CC6CC(CC(C6)C4)C5)cc-2c31. The summed E-state index contributed by atoms with van der Waals surface area (Å²) in [6, 6.07) is 51.6. The summed E-state index contributed by atoms with van der Waals surface area (Å²) in [4.78, 5) is 2.75. The smallest absolute Gasteiger partial charge is 0.343 e. The van der Waals surface area contributed by atoms with Crippen LogP contribution in [-0.2, 0) is 16.2 Å². The van der Waals surface area contributed by atoms with Gasteiger partial charge in [-0.25, -0.2) is 0 Å². The van der Waals surface area contributed by atoms with Crippen LogP contribution < -0.4 is 15.1 Å². The standard InChI is InChI=1S/C67H63BN2S/c1-38-18-53-55-31-50(67-35-42-23-43(36-67)25-44(24-42)37-67)30-54-52-29-49(66-32-39-20-40(33-66)22-41(21-39)34-66)15-17-58(52)70(62(54)55)68-61(53)59(19-38)69(63-56-26-46-12-8-9-13-47(46)27-60(56)71-64(63)68)57-16-14-48(65(2,3)4)28-51(57)45-10-6-5-7-11-45/h5-19,26-31,39-44H,20-25,32-37H2,1-4H3. The van der Waals surface area contributed by atoms with Gasteiger partial charge in [-0.15, -0.1) is 11.3 Å². The summed E-state index contributed by atoms with van der Waals surface area (Å²) in [7, 11) is 0. The molecule has 8 fully saturated rings. The van der Waals surface area contributed by atoms with E-state index < -0.39 is 0 Å². The van der Waals surface area contributed by atoms with E-state index in [0.717, 1.165) is 35.5 Å². The number of hydrogen-bond donors (Lipinski definition) is 0. The van der Waals surface area contributed by atoms with Gasteiger partial charge in [0.05, 0.1) is 11.4 Å². The van der Waals surface area contributed by atoms with Crippen molar-refractivity contribution in [2.45, 2.75) is 121 Å². The zero-order valence-electron chi connectivity index (χ0n) is 42.0. The highest BCUT2D eigenvalue weighted by molar-refractivity contribution is 7.32. The summed E-state index contributed by atoms with van der Waals surface area (Å²) in [6.45, 7) is 9.50. The van der Waals surface area contributed by atoms with Gasteiger partial charge in [-0.1, -0.05) is 93.6 Å². The Kier molecular flexibility index (Phi) is 8.03. The van der Waals surface area contributed by atoms with Crippen molar-refractivity contribution in [3.8, 4) is 22.3 Å². The van der Waals surface area contributed by atoms with Crippen LogP contribution in [0.2, 0.25) is 0 Å². The van der Waals surface area contributed by atoms with Gasteiger partial charge >= 0.3 is 6.85 Å². The third-order valence-corrected chi connectivity index (χ3v) is 22.0. The minimum absolute atomic E-state index is 0.00519. The van der Waals surface area contributed by atoms with Gasteiger partial charge in [-0.3, -0.25) is 0 Å². The van der Waals surface area contributed by atoms with Crippen LogP contribution in [0.5, 0.6) is 0 Å².